The van der Waals surface area contributed by atoms with Gasteiger partial charge in [-0.15, -0.1) is 0 Å². The van der Waals surface area contributed by atoms with Gasteiger partial charge in [0.05, 0.1) is 17.3 Å². The summed E-state index contributed by atoms with van der Waals surface area (Å²) in [5.41, 5.74) is 6.48. The van der Waals surface area contributed by atoms with Crippen molar-refractivity contribution in [1.29, 1.82) is 5.26 Å². The molecule has 1 heterocycles. The molecule has 0 spiro atoms. The zero-order valence-electron chi connectivity index (χ0n) is 11.8. The third-order valence-electron chi connectivity index (χ3n) is 3.57. The molecule has 1 unspecified atom stereocenters. The van der Waals surface area contributed by atoms with E-state index in [1.165, 1.54) is 5.56 Å². The van der Waals surface area contributed by atoms with Gasteiger partial charge in [-0.25, -0.2) is 0 Å². The van der Waals surface area contributed by atoms with Gasteiger partial charge in [0.2, 0.25) is 0 Å². The first kappa shape index (κ1) is 13.4. The molecule has 0 fully saturated rings. The molecule has 1 atom stereocenters. The van der Waals surface area contributed by atoms with Gasteiger partial charge in [-0.2, -0.15) is 5.26 Å². The summed E-state index contributed by atoms with van der Waals surface area (Å²) in [7, 11) is 0. The summed E-state index contributed by atoms with van der Waals surface area (Å²) < 4.78 is 0. The van der Waals surface area contributed by atoms with Crippen LogP contribution in [0.15, 0.2) is 60.7 Å². The summed E-state index contributed by atoms with van der Waals surface area (Å²) in [5, 5.41) is 8.84. The summed E-state index contributed by atoms with van der Waals surface area (Å²) in [6.45, 7) is 2.06. The second-order valence-electron chi connectivity index (χ2n) is 5.43. The van der Waals surface area contributed by atoms with Crippen LogP contribution in [0, 0.1) is 11.3 Å². The van der Waals surface area contributed by atoms with Gasteiger partial charge in [0.1, 0.15) is 5.60 Å². The van der Waals surface area contributed by atoms with Crippen LogP contribution in [0.5, 0.6) is 0 Å². The Morgan fingerprint density at radius 3 is 2.48 bits per heavy atom. The second-order valence-corrected chi connectivity index (χ2v) is 5.43. The number of nitrogens with one attached hydrogen (secondary N) is 1. The molecule has 2 aromatic carbocycles. The van der Waals surface area contributed by atoms with Crippen molar-refractivity contribution in [2.24, 2.45) is 0 Å². The summed E-state index contributed by atoms with van der Waals surface area (Å²) in [6, 6.07) is 19.9. The van der Waals surface area contributed by atoms with Gasteiger partial charge in [-0.3, -0.25) is 10.3 Å². The van der Waals surface area contributed by atoms with Crippen molar-refractivity contribution in [2.45, 2.75) is 18.9 Å². The number of hydroxylamine groups is 1. The maximum Gasteiger partial charge on any atom is 0.118 e. The largest absolute Gasteiger partial charge is 0.266 e. The SMILES string of the molecule is CC1(Cc2ccccc2)C=C(c2ccc(C#N)cc2)NO1. The highest BCUT2D eigenvalue weighted by Crippen LogP contribution is 2.28. The van der Waals surface area contributed by atoms with Crippen LogP contribution < -0.4 is 5.48 Å². The van der Waals surface area contributed by atoms with Gasteiger partial charge >= 0.3 is 0 Å². The zero-order chi connectivity index (χ0) is 14.7. The molecule has 1 aliphatic heterocycles. The Kier molecular flexibility index (Phi) is 3.47. The minimum atomic E-state index is -0.370. The Morgan fingerprint density at radius 2 is 1.81 bits per heavy atom. The van der Waals surface area contributed by atoms with E-state index in [0.717, 1.165) is 17.7 Å². The standard InChI is InChI=1S/C18H16N2O/c1-18(11-14-5-3-2-4-6-14)12-17(20-21-18)16-9-7-15(13-19)8-10-16/h2-10,12,20H,11H2,1H3. The van der Waals surface area contributed by atoms with E-state index in [1.54, 1.807) is 0 Å². The lowest BCUT2D eigenvalue weighted by atomic mass is 9.95. The summed E-state index contributed by atoms with van der Waals surface area (Å²) in [5.74, 6) is 0. The highest BCUT2D eigenvalue weighted by molar-refractivity contribution is 5.66. The van der Waals surface area contributed by atoms with Crippen molar-refractivity contribution in [3.05, 3.63) is 77.4 Å². The van der Waals surface area contributed by atoms with Gasteiger partial charge in [-0.05, 0) is 36.3 Å². The van der Waals surface area contributed by atoms with Crippen molar-refractivity contribution in [2.75, 3.05) is 0 Å². The molecule has 1 N–H and O–H groups in total. The molecule has 3 nitrogen and oxygen atoms in total. The van der Waals surface area contributed by atoms with Gasteiger partial charge in [0, 0.05) is 6.42 Å². The molecule has 104 valence electrons. The van der Waals surface area contributed by atoms with E-state index in [9.17, 15) is 0 Å². The summed E-state index contributed by atoms with van der Waals surface area (Å²) >= 11 is 0. The van der Waals surface area contributed by atoms with Gasteiger partial charge < -0.3 is 0 Å². The lowest BCUT2D eigenvalue weighted by Crippen LogP contribution is -2.28. The number of rotatable bonds is 3. The quantitative estimate of drug-likeness (QED) is 0.934. The molecule has 0 aliphatic carbocycles. The van der Waals surface area contributed by atoms with E-state index in [2.05, 4.69) is 36.7 Å². The first-order chi connectivity index (χ1) is 10.2. The van der Waals surface area contributed by atoms with E-state index in [-0.39, 0.29) is 5.60 Å². The van der Waals surface area contributed by atoms with Crippen LogP contribution >= 0.6 is 0 Å². The lowest BCUT2D eigenvalue weighted by Gasteiger charge is -2.19. The van der Waals surface area contributed by atoms with Crippen LogP contribution in [0.3, 0.4) is 0 Å². The molecule has 3 rings (SSSR count). The van der Waals surface area contributed by atoms with Crippen LogP contribution in [0.1, 0.15) is 23.6 Å². The molecule has 2 aromatic rings. The van der Waals surface area contributed by atoms with Crippen LogP contribution in [0.25, 0.3) is 5.70 Å². The normalized spacial score (nSPS) is 20.5. The number of hydrogen-bond donors (Lipinski definition) is 1. The van der Waals surface area contributed by atoms with Gasteiger partial charge in [0.15, 0.2) is 0 Å². The molecule has 21 heavy (non-hydrogen) atoms. The van der Waals surface area contributed by atoms with Crippen LogP contribution in [-0.2, 0) is 11.3 Å². The Balaban J connectivity index is 1.81. The molecule has 0 radical (unpaired) electrons. The predicted molar refractivity (Wildman–Crippen MR) is 81.9 cm³/mol. The molecule has 0 saturated heterocycles. The third kappa shape index (κ3) is 2.96. The highest BCUT2D eigenvalue weighted by Gasteiger charge is 2.30. The maximum atomic E-state index is 8.84. The van der Waals surface area contributed by atoms with Crippen LogP contribution in [0.4, 0.5) is 0 Å². The fourth-order valence-electron chi connectivity index (χ4n) is 2.49. The summed E-state index contributed by atoms with van der Waals surface area (Å²) in [6.07, 6.45) is 2.90. The molecule has 0 aromatic heterocycles. The van der Waals surface area contributed by atoms with Crippen molar-refractivity contribution in [3.63, 3.8) is 0 Å². The van der Waals surface area contributed by atoms with E-state index in [4.69, 9.17) is 10.1 Å². The summed E-state index contributed by atoms with van der Waals surface area (Å²) in [4.78, 5) is 5.76. The third-order valence-corrected chi connectivity index (χ3v) is 3.57. The first-order valence-corrected chi connectivity index (χ1v) is 6.90. The molecule has 1 aliphatic rings. The Labute approximate surface area is 124 Å². The fourth-order valence-corrected chi connectivity index (χ4v) is 2.49. The van der Waals surface area contributed by atoms with E-state index in [1.807, 2.05) is 42.5 Å². The Hall–Kier alpha value is -2.57. The molecular weight excluding hydrogens is 260 g/mol. The molecule has 0 amide bonds. The maximum absolute atomic E-state index is 8.84. The lowest BCUT2D eigenvalue weighted by molar-refractivity contribution is -0.0208. The highest BCUT2D eigenvalue weighted by atomic mass is 16.7. The van der Waals surface area contributed by atoms with Crippen molar-refractivity contribution < 1.29 is 4.84 Å². The number of benzene rings is 2. The molecular formula is C18H16N2O. The van der Waals surface area contributed by atoms with Crippen LogP contribution in [0.2, 0.25) is 0 Å². The average molecular weight is 276 g/mol. The Bertz CT molecular complexity index is 698. The first-order valence-electron chi connectivity index (χ1n) is 6.90. The van der Waals surface area contributed by atoms with Gasteiger partial charge in [-0.1, -0.05) is 42.5 Å². The number of hydrogen-bond acceptors (Lipinski definition) is 3. The monoisotopic (exact) mass is 276 g/mol. The number of nitrogens with zero attached hydrogens (tertiary/aromatic N) is 1. The molecule has 0 saturated carbocycles. The van der Waals surface area contributed by atoms with Crippen LogP contribution in [-0.4, -0.2) is 5.60 Å². The molecule has 0 bridgehead atoms. The van der Waals surface area contributed by atoms with E-state index >= 15 is 0 Å². The number of nitriles is 1. The predicted octanol–water partition coefficient (Wildman–Crippen LogP) is 3.44. The zero-order valence-corrected chi connectivity index (χ0v) is 11.8. The fraction of sp³-hybridized carbons (Fsp3) is 0.167. The minimum absolute atomic E-state index is 0.370. The topological polar surface area (TPSA) is 45.0 Å². The van der Waals surface area contributed by atoms with Crippen molar-refractivity contribution in [1.82, 2.24) is 5.48 Å². The average Bonchev–Trinajstić information content (AvgIpc) is 2.90. The van der Waals surface area contributed by atoms with E-state index < -0.39 is 0 Å². The smallest absolute Gasteiger partial charge is 0.118 e. The Morgan fingerprint density at radius 1 is 1.10 bits per heavy atom. The molecule has 3 heteroatoms. The van der Waals surface area contributed by atoms with Crippen molar-refractivity contribution in [3.8, 4) is 6.07 Å². The van der Waals surface area contributed by atoms with Crippen molar-refractivity contribution >= 4 is 5.70 Å². The van der Waals surface area contributed by atoms with Gasteiger partial charge in [0.25, 0.3) is 0 Å². The second kappa shape index (κ2) is 5.43. The van der Waals surface area contributed by atoms with E-state index in [0.29, 0.717) is 5.56 Å². The minimum Gasteiger partial charge on any atom is -0.266 e.